The second kappa shape index (κ2) is 4.40. The minimum Gasteiger partial charge on any atom is -0.268 e. The lowest BCUT2D eigenvalue weighted by molar-refractivity contribution is 0.603. The third kappa shape index (κ3) is 2.67. The second-order valence-corrected chi connectivity index (χ2v) is 8.05. The molecule has 92 valence electrons. The Kier molecular flexibility index (Phi) is 3.24. The van der Waals surface area contributed by atoms with E-state index in [1.165, 1.54) is 28.9 Å². The molecule has 1 N–H and O–H groups in total. The van der Waals surface area contributed by atoms with Crippen LogP contribution in [0.5, 0.6) is 0 Å². The molecule has 0 spiro atoms. The second-order valence-electron chi connectivity index (χ2n) is 3.65. The van der Waals surface area contributed by atoms with Gasteiger partial charge in [0.05, 0.1) is 11.2 Å². The Hall–Kier alpha value is -0.920. The average molecular weight is 288 g/mol. The van der Waals surface area contributed by atoms with Gasteiger partial charge >= 0.3 is 0 Å². The molecule has 0 fully saturated rings. The van der Waals surface area contributed by atoms with Crippen molar-refractivity contribution in [1.82, 2.24) is 4.98 Å². The minimum absolute atomic E-state index is 0.346. The Morgan fingerprint density at radius 3 is 2.41 bits per heavy atom. The van der Waals surface area contributed by atoms with Crippen molar-refractivity contribution in [1.29, 1.82) is 0 Å². The molecule has 0 aliphatic carbocycles. The molecule has 0 radical (unpaired) electrons. The number of sulfonamides is 1. The SMILES string of the molecule is Cc1ncc(NS(=O)(=O)c2cc(C)c(C)s2)s1. The topological polar surface area (TPSA) is 59.1 Å². The number of thiazole rings is 1. The van der Waals surface area contributed by atoms with Crippen LogP contribution in [-0.4, -0.2) is 13.4 Å². The molecular formula is C10H12N2O2S3. The number of nitrogens with one attached hydrogen (secondary N) is 1. The lowest BCUT2D eigenvalue weighted by atomic mass is 10.3. The van der Waals surface area contributed by atoms with Crippen LogP contribution in [0.3, 0.4) is 0 Å². The Balaban J connectivity index is 2.31. The third-order valence-electron chi connectivity index (χ3n) is 2.26. The van der Waals surface area contributed by atoms with Gasteiger partial charge in [0.2, 0.25) is 0 Å². The molecule has 7 heteroatoms. The summed E-state index contributed by atoms with van der Waals surface area (Å²) in [4.78, 5) is 5.03. The number of nitrogens with zero attached hydrogens (tertiary/aromatic N) is 1. The van der Waals surface area contributed by atoms with Crippen molar-refractivity contribution in [2.75, 3.05) is 4.72 Å². The van der Waals surface area contributed by atoms with Crippen molar-refractivity contribution in [3.8, 4) is 0 Å². The first-order chi connectivity index (χ1) is 7.88. The third-order valence-corrected chi connectivity index (χ3v) is 6.21. The fraction of sp³-hybridized carbons (Fsp3) is 0.300. The summed E-state index contributed by atoms with van der Waals surface area (Å²) in [6, 6.07) is 1.69. The highest BCUT2D eigenvalue weighted by atomic mass is 32.2. The normalized spacial score (nSPS) is 11.7. The molecule has 0 atom stereocenters. The summed E-state index contributed by atoms with van der Waals surface area (Å²) in [7, 11) is -3.46. The van der Waals surface area contributed by atoms with Gasteiger partial charge < -0.3 is 0 Å². The quantitative estimate of drug-likeness (QED) is 0.944. The van der Waals surface area contributed by atoms with Gasteiger partial charge in [-0.05, 0) is 32.4 Å². The lowest BCUT2D eigenvalue weighted by Gasteiger charge is -2.01. The summed E-state index contributed by atoms with van der Waals surface area (Å²) in [5.74, 6) is 0. The van der Waals surface area contributed by atoms with Crippen molar-refractivity contribution in [3.05, 3.63) is 27.7 Å². The van der Waals surface area contributed by atoms with Gasteiger partial charge in [0.15, 0.2) is 0 Å². The molecule has 17 heavy (non-hydrogen) atoms. The van der Waals surface area contributed by atoms with Crippen LogP contribution in [-0.2, 0) is 10.0 Å². The molecular weight excluding hydrogens is 276 g/mol. The van der Waals surface area contributed by atoms with Gasteiger partial charge in [-0.1, -0.05) is 0 Å². The maximum atomic E-state index is 12.1. The van der Waals surface area contributed by atoms with Crippen LogP contribution in [0.2, 0.25) is 0 Å². The number of thiophene rings is 1. The van der Waals surface area contributed by atoms with Gasteiger partial charge in [0, 0.05) is 4.88 Å². The highest BCUT2D eigenvalue weighted by Gasteiger charge is 2.18. The minimum atomic E-state index is -3.46. The molecule has 0 saturated heterocycles. The summed E-state index contributed by atoms with van der Waals surface area (Å²) in [5, 5.41) is 1.38. The Morgan fingerprint density at radius 1 is 1.24 bits per heavy atom. The van der Waals surface area contributed by atoms with Gasteiger partial charge in [0.25, 0.3) is 10.0 Å². The first kappa shape index (κ1) is 12.5. The number of hydrogen-bond donors (Lipinski definition) is 1. The van der Waals surface area contributed by atoms with Crippen LogP contribution in [0.1, 0.15) is 15.4 Å². The molecule has 2 rings (SSSR count). The van der Waals surface area contributed by atoms with Crippen LogP contribution in [0.25, 0.3) is 0 Å². The Morgan fingerprint density at radius 2 is 1.94 bits per heavy atom. The van der Waals surface area contributed by atoms with E-state index in [1.54, 1.807) is 6.07 Å². The standard InChI is InChI=1S/C10H12N2O2S3/c1-6-4-10(15-7(6)2)17(13,14)12-9-5-11-8(3)16-9/h4-5,12H,1-3H3. The Bertz CT molecular complexity index is 621. The summed E-state index contributed by atoms with van der Waals surface area (Å²) >= 11 is 2.60. The first-order valence-corrected chi connectivity index (χ1v) is 8.02. The molecule has 0 aliphatic rings. The van der Waals surface area contributed by atoms with E-state index < -0.39 is 10.0 Å². The van der Waals surface area contributed by atoms with Crippen molar-refractivity contribution in [3.63, 3.8) is 0 Å². The fourth-order valence-electron chi connectivity index (χ4n) is 1.26. The maximum Gasteiger partial charge on any atom is 0.272 e. The van der Waals surface area contributed by atoms with E-state index >= 15 is 0 Å². The number of hydrogen-bond acceptors (Lipinski definition) is 5. The van der Waals surface area contributed by atoms with E-state index in [-0.39, 0.29) is 0 Å². The van der Waals surface area contributed by atoms with Crippen LogP contribution < -0.4 is 4.72 Å². The predicted molar refractivity (Wildman–Crippen MR) is 71.5 cm³/mol. The maximum absolute atomic E-state index is 12.1. The highest BCUT2D eigenvalue weighted by molar-refractivity contribution is 7.94. The highest BCUT2D eigenvalue weighted by Crippen LogP contribution is 2.28. The lowest BCUT2D eigenvalue weighted by Crippen LogP contribution is -2.10. The molecule has 0 bridgehead atoms. The smallest absolute Gasteiger partial charge is 0.268 e. The van der Waals surface area contributed by atoms with E-state index in [4.69, 9.17) is 0 Å². The van der Waals surface area contributed by atoms with E-state index in [2.05, 4.69) is 9.71 Å². The van der Waals surface area contributed by atoms with Crippen molar-refractivity contribution >= 4 is 37.7 Å². The van der Waals surface area contributed by atoms with E-state index in [0.717, 1.165) is 15.4 Å². The number of rotatable bonds is 3. The van der Waals surface area contributed by atoms with Crippen molar-refractivity contribution in [2.45, 2.75) is 25.0 Å². The molecule has 2 aromatic rings. The Labute approximate surface area is 108 Å². The molecule has 4 nitrogen and oxygen atoms in total. The van der Waals surface area contributed by atoms with E-state index in [9.17, 15) is 8.42 Å². The molecule has 0 aromatic carbocycles. The molecule has 0 aliphatic heterocycles. The predicted octanol–water partition coefficient (Wildman–Crippen LogP) is 2.93. The molecule has 2 aromatic heterocycles. The van der Waals surface area contributed by atoms with Gasteiger partial charge in [-0.15, -0.1) is 22.7 Å². The zero-order valence-electron chi connectivity index (χ0n) is 9.64. The zero-order valence-corrected chi connectivity index (χ0v) is 12.1. The molecule has 0 saturated carbocycles. The summed E-state index contributed by atoms with van der Waals surface area (Å²) in [5.41, 5.74) is 0.996. The number of aromatic nitrogens is 1. The molecule has 0 unspecified atom stereocenters. The van der Waals surface area contributed by atoms with Gasteiger partial charge in [-0.25, -0.2) is 13.4 Å². The monoisotopic (exact) mass is 288 g/mol. The van der Waals surface area contributed by atoms with Gasteiger partial charge in [0.1, 0.15) is 9.21 Å². The number of anilines is 1. The van der Waals surface area contributed by atoms with Crippen LogP contribution in [0.15, 0.2) is 16.5 Å². The first-order valence-electron chi connectivity index (χ1n) is 4.91. The van der Waals surface area contributed by atoms with Crippen molar-refractivity contribution < 1.29 is 8.42 Å². The van der Waals surface area contributed by atoms with Crippen LogP contribution in [0, 0.1) is 20.8 Å². The summed E-state index contributed by atoms with van der Waals surface area (Å²) < 4.78 is 27.0. The van der Waals surface area contributed by atoms with Gasteiger partial charge in [-0.2, -0.15) is 0 Å². The zero-order chi connectivity index (χ0) is 12.6. The van der Waals surface area contributed by atoms with Crippen LogP contribution in [0.4, 0.5) is 5.00 Å². The molecule has 0 amide bonds. The van der Waals surface area contributed by atoms with E-state index in [1.807, 2.05) is 20.8 Å². The fourth-order valence-corrected chi connectivity index (χ4v) is 4.73. The summed E-state index contributed by atoms with van der Waals surface area (Å²) in [6.07, 6.45) is 1.53. The molecule has 2 heterocycles. The summed E-state index contributed by atoms with van der Waals surface area (Å²) in [6.45, 7) is 5.65. The number of aryl methyl sites for hydroxylation is 3. The van der Waals surface area contributed by atoms with Gasteiger partial charge in [-0.3, -0.25) is 4.72 Å². The van der Waals surface area contributed by atoms with E-state index in [0.29, 0.717) is 9.21 Å². The largest absolute Gasteiger partial charge is 0.272 e. The average Bonchev–Trinajstić information content (AvgIpc) is 2.75. The van der Waals surface area contributed by atoms with Crippen molar-refractivity contribution in [2.24, 2.45) is 0 Å². The van der Waals surface area contributed by atoms with Crippen LogP contribution >= 0.6 is 22.7 Å².